The minimum absolute atomic E-state index is 0.570. The number of hydrogen-bond acceptors (Lipinski definition) is 0. The van der Waals surface area contributed by atoms with E-state index in [4.69, 9.17) is 19.7 Å². The van der Waals surface area contributed by atoms with Crippen LogP contribution in [0, 0.1) is 19.7 Å². The highest BCUT2D eigenvalue weighted by atomic mass is 13.9. The van der Waals surface area contributed by atoms with Crippen LogP contribution in [-0.4, -0.2) is 0 Å². The van der Waals surface area contributed by atoms with E-state index in [-0.39, 0.29) is 0 Å². The van der Waals surface area contributed by atoms with Crippen LogP contribution in [-0.2, 0) is 0 Å². The molecule has 18 heavy (non-hydrogen) atoms. The largest absolute Gasteiger partial charge is 0.213 e. The van der Waals surface area contributed by atoms with Crippen molar-refractivity contribution < 1.29 is 0 Å². The molecule has 0 heteroatoms. The Morgan fingerprint density at radius 2 is 0.778 bits per heavy atom. The second-order valence-corrected chi connectivity index (χ2v) is 3.37. The summed E-state index contributed by atoms with van der Waals surface area (Å²) in [4.78, 5) is 0. The van der Waals surface area contributed by atoms with Crippen LogP contribution in [0.2, 0.25) is 0 Å². The molecule has 78 valence electrons. The van der Waals surface area contributed by atoms with Crippen LogP contribution >= 0.6 is 0 Å². The Morgan fingerprint density at radius 1 is 0.556 bits per heavy atom. The summed E-state index contributed by atoms with van der Waals surface area (Å²) in [5.41, 5.74) is 15.1. The third kappa shape index (κ3) is 2.03. The third-order valence-electron chi connectivity index (χ3n) is 2.40. The van der Waals surface area contributed by atoms with Crippen LogP contribution in [0.15, 0.2) is 17.2 Å². The summed E-state index contributed by atoms with van der Waals surface area (Å²) in [6, 6.07) is 0. The van der Waals surface area contributed by atoms with E-state index in [1.54, 1.807) is 0 Å². The topological polar surface area (TPSA) is 0 Å². The summed E-state index contributed by atoms with van der Waals surface area (Å²) < 4.78 is 0. The molecule has 0 spiro atoms. The maximum atomic E-state index is 5.23. The summed E-state index contributed by atoms with van der Waals surface area (Å²) in [6.45, 7) is 27.4. The molecule has 0 aromatic heterocycles. The van der Waals surface area contributed by atoms with Crippen LogP contribution in [0.3, 0.4) is 0 Å². The second-order valence-electron chi connectivity index (χ2n) is 3.37. The van der Waals surface area contributed by atoms with E-state index in [1.807, 2.05) is 0 Å². The van der Waals surface area contributed by atoms with Crippen LogP contribution in [0.25, 0.3) is 36.9 Å². The van der Waals surface area contributed by atoms with Crippen LogP contribution < -0.4 is 31.3 Å². The van der Waals surface area contributed by atoms with Crippen molar-refractivity contribution in [2.24, 2.45) is 0 Å². The Labute approximate surface area is 106 Å². The van der Waals surface area contributed by atoms with E-state index in [1.165, 1.54) is 0 Å². The summed E-state index contributed by atoms with van der Waals surface area (Å²) in [7, 11) is 0. The SMILES string of the molecule is [CH+]=C=C=c1c(=C)c(=C=C=[CH+])c(=C)c(=C=C=[CH+])c1=C. The van der Waals surface area contributed by atoms with Crippen molar-refractivity contribution in [2.75, 3.05) is 0 Å². The van der Waals surface area contributed by atoms with Crippen LogP contribution in [0.4, 0.5) is 0 Å². The molecule has 1 rings (SSSR count). The lowest BCUT2D eigenvalue weighted by Crippen LogP contribution is -2.63. The number of benzene rings is 1. The first-order valence-electron chi connectivity index (χ1n) is 4.93. The lowest BCUT2D eigenvalue weighted by molar-refractivity contribution is 1.33. The normalized spacial score (nSPS) is 7.83. The van der Waals surface area contributed by atoms with Gasteiger partial charge < -0.3 is 0 Å². The van der Waals surface area contributed by atoms with Gasteiger partial charge in [0.25, 0.3) is 0 Å². The molecule has 0 aliphatic heterocycles. The highest BCUT2D eigenvalue weighted by Crippen LogP contribution is 1.45. The zero-order valence-electron chi connectivity index (χ0n) is 9.85. The summed E-state index contributed by atoms with van der Waals surface area (Å²) in [6.07, 6.45) is 0. The minimum Gasteiger partial charge on any atom is -0.0854 e. The summed E-state index contributed by atoms with van der Waals surface area (Å²) >= 11 is 0. The smallest absolute Gasteiger partial charge is 0.0854 e. The van der Waals surface area contributed by atoms with Gasteiger partial charge in [-0.2, -0.15) is 0 Å². The summed E-state index contributed by atoms with van der Waals surface area (Å²) in [5, 5.41) is 3.47. The second kappa shape index (κ2) is 5.26. The van der Waals surface area contributed by atoms with Crippen LogP contribution in [0.5, 0.6) is 0 Å². The van der Waals surface area contributed by atoms with Gasteiger partial charge in [-0.3, -0.25) is 0 Å². The maximum Gasteiger partial charge on any atom is 0.213 e. The fourth-order valence-electron chi connectivity index (χ4n) is 1.59. The summed E-state index contributed by atoms with van der Waals surface area (Å²) in [5.74, 6) is 0. The molecular weight excluding hydrogens is 216 g/mol. The van der Waals surface area contributed by atoms with Gasteiger partial charge in [0.15, 0.2) is 17.2 Å². The average Bonchev–Trinajstić information content (AvgIpc) is 2.35. The molecule has 0 fully saturated rings. The molecule has 0 aliphatic carbocycles. The Bertz CT molecular complexity index is 838. The zero-order valence-corrected chi connectivity index (χ0v) is 9.85. The lowest BCUT2D eigenvalue weighted by atomic mass is 10.1. The predicted octanol–water partition coefficient (Wildman–Crippen LogP) is -1.51. The van der Waals surface area contributed by atoms with Crippen molar-refractivity contribution in [1.29, 1.82) is 0 Å². The van der Waals surface area contributed by atoms with Crippen molar-refractivity contribution in [1.82, 2.24) is 0 Å². The van der Waals surface area contributed by atoms with E-state index in [2.05, 4.69) is 54.1 Å². The van der Waals surface area contributed by atoms with E-state index < -0.39 is 0 Å². The quantitative estimate of drug-likeness (QED) is 0.372. The molecule has 0 amide bonds. The zero-order chi connectivity index (χ0) is 13.7. The van der Waals surface area contributed by atoms with Crippen molar-refractivity contribution >= 4 is 36.9 Å². The Kier molecular flexibility index (Phi) is 3.78. The fourth-order valence-corrected chi connectivity index (χ4v) is 1.59. The molecule has 0 bridgehead atoms. The van der Waals surface area contributed by atoms with Gasteiger partial charge in [-0.15, -0.1) is 0 Å². The van der Waals surface area contributed by atoms with Gasteiger partial charge in [-0.05, 0) is 0 Å². The molecule has 0 heterocycles. The molecule has 0 radical (unpaired) electrons. The molecule has 0 saturated carbocycles. The van der Waals surface area contributed by atoms with E-state index in [0.717, 1.165) is 0 Å². The van der Waals surface area contributed by atoms with Crippen molar-refractivity contribution in [3.8, 4) is 0 Å². The maximum absolute atomic E-state index is 5.23. The third-order valence-corrected chi connectivity index (χ3v) is 2.40. The first kappa shape index (κ1) is 12.9. The van der Waals surface area contributed by atoms with Gasteiger partial charge in [0, 0.05) is 15.7 Å². The van der Waals surface area contributed by atoms with E-state index in [9.17, 15) is 0 Å². The molecular formula is C18H9+3. The molecule has 0 unspecified atom stereocenters. The van der Waals surface area contributed by atoms with Crippen molar-refractivity contribution in [3.05, 3.63) is 68.2 Å². The van der Waals surface area contributed by atoms with Crippen molar-refractivity contribution in [2.45, 2.75) is 0 Å². The van der Waals surface area contributed by atoms with Gasteiger partial charge in [0.1, 0.15) is 35.4 Å². The first-order valence-corrected chi connectivity index (χ1v) is 4.93. The van der Waals surface area contributed by atoms with E-state index >= 15 is 0 Å². The highest BCUT2D eigenvalue weighted by Gasteiger charge is 2.02. The standard InChI is InChI=1S/C18H9/c1-7-10-16-13(4)17(11-8-2)15(6)18(12-9-3)14(16)5/h1-3H,4-6H2/q+3. The minimum atomic E-state index is 0.570. The Hall–Kier alpha value is -3.15. The van der Waals surface area contributed by atoms with Gasteiger partial charge in [-0.25, -0.2) is 0 Å². The van der Waals surface area contributed by atoms with Gasteiger partial charge in [0.05, 0.1) is 0 Å². The monoisotopic (exact) mass is 225 g/mol. The van der Waals surface area contributed by atoms with E-state index in [0.29, 0.717) is 31.3 Å². The molecule has 1 aromatic rings. The highest BCUT2D eigenvalue weighted by molar-refractivity contribution is 5.36. The molecule has 1 aromatic carbocycles. The molecule has 0 atom stereocenters. The Balaban J connectivity index is 4.93. The van der Waals surface area contributed by atoms with Gasteiger partial charge >= 0.3 is 0 Å². The van der Waals surface area contributed by atoms with Crippen molar-refractivity contribution in [3.63, 3.8) is 0 Å². The molecule has 0 nitrogen and oxygen atoms in total. The number of hydrogen-bond donors (Lipinski definition) is 0. The fraction of sp³-hybridized carbons (Fsp3) is 0. The molecule has 0 N–H and O–H groups in total. The lowest BCUT2D eigenvalue weighted by Gasteiger charge is -1.82. The number of rotatable bonds is 0. The predicted molar refractivity (Wildman–Crippen MR) is 74.4 cm³/mol. The molecule has 0 saturated heterocycles. The first-order chi connectivity index (χ1) is 8.58. The average molecular weight is 225 g/mol. The van der Waals surface area contributed by atoms with Gasteiger partial charge in [0.2, 0.25) is 17.2 Å². The van der Waals surface area contributed by atoms with Crippen LogP contribution in [0.1, 0.15) is 0 Å². The molecule has 0 aliphatic rings. The van der Waals surface area contributed by atoms with Gasteiger partial charge in [-0.1, -0.05) is 19.7 Å². The Morgan fingerprint density at radius 3 is 0.944 bits per heavy atom.